The number of nitrogens with two attached hydrogens (primary N) is 1. The van der Waals surface area contributed by atoms with Gasteiger partial charge in [0.15, 0.2) is 0 Å². The fourth-order valence-corrected chi connectivity index (χ4v) is 1.43. The lowest BCUT2D eigenvalue weighted by Gasteiger charge is -2.15. The summed E-state index contributed by atoms with van der Waals surface area (Å²) in [6.07, 6.45) is -4.92. The van der Waals surface area contributed by atoms with Crippen LogP contribution in [-0.2, 0) is 11.2 Å². The fraction of sp³-hybridized carbons (Fsp3) is 0.364. The van der Waals surface area contributed by atoms with Gasteiger partial charge in [-0.05, 0) is 18.1 Å². The molecule has 0 unspecified atom stereocenters. The Morgan fingerprint density at radius 3 is 2.42 bits per heavy atom. The Labute approximate surface area is 113 Å². The first kappa shape index (κ1) is 17.5. The molecule has 108 valence electrons. The minimum Gasteiger partial charge on any atom is -0.481 e. The van der Waals surface area contributed by atoms with Crippen LogP contribution in [0, 0.1) is 5.92 Å². The van der Waals surface area contributed by atoms with Crippen molar-refractivity contribution in [2.75, 3.05) is 6.54 Å². The number of carboxylic acid groups (broad SMARTS) is 1. The standard InChI is InChI=1S/C11H12F3NO3.ClH/c12-11(13,14)18-9-4-2-1-3-7(9)5-8(6-15)10(16)17;/h1-4,8H,5-6,15H2,(H,16,17);1H/t8-;/m1./s1. The minimum atomic E-state index is -4.81. The molecule has 3 N–H and O–H groups in total. The molecule has 0 amide bonds. The zero-order valence-electron chi connectivity index (χ0n) is 9.68. The van der Waals surface area contributed by atoms with E-state index >= 15 is 0 Å². The van der Waals surface area contributed by atoms with Crippen molar-refractivity contribution < 1.29 is 27.8 Å². The van der Waals surface area contributed by atoms with Gasteiger partial charge in [0.05, 0.1) is 5.92 Å². The van der Waals surface area contributed by atoms with Crippen molar-refractivity contribution in [3.63, 3.8) is 0 Å². The lowest BCUT2D eigenvalue weighted by atomic mass is 9.99. The Morgan fingerprint density at radius 1 is 1.37 bits per heavy atom. The third kappa shape index (κ3) is 5.80. The van der Waals surface area contributed by atoms with E-state index in [1.165, 1.54) is 18.2 Å². The van der Waals surface area contributed by atoms with Gasteiger partial charge in [0.25, 0.3) is 0 Å². The van der Waals surface area contributed by atoms with Gasteiger partial charge in [-0.3, -0.25) is 4.79 Å². The molecule has 0 saturated carbocycles. The molecule has 0 aromatic heterocycles. The molecule has 0 bridgehead atoms. The summed E-state index contributed by atoms with van der Waals surface area (Å²) in [5.41, 5.74) is 5.41. The molecule has 0 radical (unpaired) electrons. The summed E-state index contributed by atoms with van der Waals surface area (Å²) >= 11 is 0. The molecule has 0 aliphatic rings. The molecule has 1 rings (SSSR count). The second-order valence-corrected chi connectivity index (χ2v) is 3.63. The molecule has 0 fully saturated rings. The van der Waals surface area contributed by atoms with E-state index in [-0.39, 0.29) is 30.9 Å². The van der Waals surface area contributed by atoms with Gasteiger partial charge in [-0.25, -0.2) is 0 Å². The molecule has 8 heteroatoms. The maximum Gasteiger partial charge on any atom is 0.573 e. The number of rotatable bonds is 5. The Morgan fingerprint density at radius 2 is 1.95 bits per heavy atom. The fourth-order valence-electron chi connectivity index (χ4n) is 1.43. The maximum absolute atomic E-state index is 12.1. The van der Waals surface area contributed by atoms with Crippen LogP contribution >= 0.6 is 12.4 Å². The average molecular weight is 300 g/mol. The van der Waals surface area contributed by atoms with E-state index in [1.807, 2.05) is 0 Å². The van der Waals surface area contributed by atoms with Gasteiger partial charge < -0.3 is 15.6 Å². The van der Waals surface area contributed by atoms with Crippen molar-refractivity contribution in [2.45, 2.75) is 12.8 Å². The predicted octanol–water partition coefficient (Wildman–Crippen LogP) is 2.21. The molecule has 4 nitrogen and oxygen atoms in total. The van der Waals surface area contributed by atoms with Crippen molar-refractivity contribution in [3.05, 3.63) is 29.8 Å². The number of para-hydroxylation sites is 1. The Balaban J connectivity index is 0.00000324. The number of hydrogen-bond donors (Lipinski definition) is 2. The van der Waals surface area contributed by atoms with Gasteiger partial charge in [-0.1, -0.05) is 18.2 Å². The van der Waals surface area contributed by atoms with E-state index in [1.54, 1.807) is 0 Å². The summed E-state index contributed by atoms with van der Waals surface area (Å²) in [5, 5.41) is 8.81. The number of ether oxygens (including phenoxy) is 1. The van der Waals surface area contributed by atoms with Crippen LogP contribution in [0.15, 0.2) is 24.3 Å². The quantitative estimate of drug-likeness (QED) is 0.874. The van der Waals surface area contributed by atoms with Gasteiger partial charge in [0, 0.05) is 6.54 Å². The summed E-state index contributed by atoms with van der Waals surface area (Å²) in [7, 11) is 0. The molecule has 1 aromatic rings. The molecule has 1 aromatic carbocycles. The monoisotopic (exact) mass is 299 g/mol. The summed E-state index contributed by atoms with van der Waals surface area (Å²) in [6, 6.07) is 5.40. The van der Waals surface area contributed by atoms with Gasteiger partial charge >= 0.3 is 12.3 Å². The van der Waals surface area contributed by atoms with Crippen molar-refractivity contribution in [2.24, 2.45) is 11.7 Å². The zero-order chi connectivity index (χ0) is 13.8. The van der Waals surface area contributed by atoms with E-state index in [2.05, 4.69) is 4.74 Å². The Bertz CT molecular complexity index is 426. The van der Waals surface area contributed by atoms with Crippen molar-refractivity contribution in [3.8, 4) is 5.75 Å². The van der Waals surface area contributed by atoms with E-state index in [0.717, 1.165) is 6.07 Å². The highest BCUT2D eigenvalue weighted by Crippen LogP contribution is 2.27. The summed E-state index contributed by atoms with van der Waals surface area (Å²) < 4.78 is 40.2. The van der Waals surface area contributed by atoms with E-state index in [0.29, 0.717) is 0 Å². The zero-order valence-corrected chi connectivity index (χ0v) is 10.5. The first-order chi connectivity index (χ1) is 8.33. The van der Waals surface area contributed by atoms with Crippen LogP contribution in [-0.4, -0.2) is 24.0 Å². The van der Waals surface area contributed by atoms with Gasteiger partial charge in [-0.2, -0.15) is 0 Å². The topological polar surface area (TPSA) is 72.5 Å². The summed E-state index contributed by atoms with van der Waals surface area (Å²) in [6.45, 7) is -0.157. The molecule has 0 heterocycles. The van der Waals surface area contributed by atoms with Crippen LogP contribution in [0.5, 0.6) is 5.75 Å². The van der Waals surface area contributed by atoms with E-state index in [4.69, 9.17) is 10.8 Å². The molecular formula is C11H13ClF3NO3. The Kier molecular flexibility index (Phi) is 6.64. The molecular weight excluding hydrogens is 287 g/mol. The Hall–Kier alpha value is -1.47. The second kappa shape index (κ2) is 7.20. The third-order valence-corrected chi connectivity index (χ3v) is 2.30. The van der Waals surface area contributed by atoms with Gasteiger partial charge in [0.2, 0.25) is 0 Å². The normalized spacial score (nSPS) is 12.4. The number of halogens is 4. The van der Waals surface area contributed by atoms with Crippen LogP contribution in [0.2, 0.25) is 0 Å². The van der Waals surface area contributed by atoms with Crippen LogP contribution in [0.3, 0.4) is 0 Å². The number of aliphatic carboxylic acids is 1. The molecule has 0 spiro atoms. The molecule has 0 aliphatic heterocycles. The lowest BCUT2D eigenvalue weighted by molar-refractivity contribution is -0.274. The highest BCUT2D eigenvalue weighted by Gasteiger charge is 2.32. The number of hydrogen-bond acceptors (Lipinski definition) is 3. The van der Waals surface area contributed by atoms with Gasteiger partial charge in [0.1, 0.15) is 5.75 Å². The largest absolute Gasteiger partial charge is 0.573 e. The maximum atomic E-state index is 12.1. The van der Waals surface area contributed by atoms with Crippen molar-refractivity contribution >= 4 is 18.4 Å². The van der Waals surface area contributed by atoms with Crippen molar-refractivity contribution in [1.29, 1.82) is 0 Å². The van der Waals surface area contributed by atoms with E-state index in [9.17, 15) is 18.0 Å². The number of alkyl halides is 3. The third-order valence-electron chi connectivity index (χ3n) is 2.30. The van der Waals surface area contributed by atoms with Crippen molar-refractivity contribution in [1.82, 2.24) is 0 Å². The van der Waals surface area contributed by atoms with Crippen LogP contribution in [0.25, 0.3) is 0 Å². The summed E-state index contributed by atoms with van der Waals surface area (Å²) in [4.78, 5) is 10.8. The molecule has 0 aliphatic carbocycles. The number of carbonyl (C=O) groups is 1. The number of carboxylic acids is 1. The van der Waals surface area contributed by atoms with Crippen LogP contribution in [0.1, 0.15) is 5.56 Å². The van der Waals surface area contributed by atoms with Crippen LogP contribution in [0.4, 0.5) is 13.2 Å². The molecule has 0 saturated heterocycles. The minimum absolute atomic E-state index is 0. The highest BCUT2D eigenvalue weighted by atomic mass is 35.5. The predicted molar refractivity (Wildman–Crippen MR) is 64.3 cm³/mol. The van der Waals surface area contributed by atoms with Gasteiger partial charge in [-0.15, -0.1) is 25.6 Å². The van der Waals surface area contributed by atoms with Crippen LogP contribution < -0.4 is 10.5 Å². The molecule has 19 heavy (non-hydrogen) atoms. The average Bonchev–Trinajstić information content (AvgIpc) is 2.25. The number of benzene rings is 1. The SMILES string of the molecule is Cl.NC[C@@H](Cc1ccccc1OC(F)(F)F)C(=O)O. The first-order valence-electron chi connectivity index (χ1n) is 5.10. The summed E-state index contributed by atoms with van der Waals surface area (Å²) in [5.74, 6) is -2.49. The lowest BCUT2D eigenvalue weighted by Crippen LogP contribution is -2.26. The highest BCUT2D eigenvalue weighted by molar-refractivity contribution is 5.85. The van der Waals surface area contributed by atoms with E-state index < -0.39 is 24.0 Å². The second-order valence-electron chi connectivity index (χ2n) is 3.63. The smallest absolute Gasteiger partial charge is 0.481 e. The first-order valence-corrected chi connectivity index (χ1v) is 5.10. The molecule has 1 atom stereocenters.